The molecule has 1 fully saturated rings. The van der Waals surface area contributed by atoms with Crippen LogP contribution in [0.5, 0.6) is 0 Å². The van der Waals surface area contributed by atoms with Crippen molar-refractivity contribution in [3.8, 4) is 0 Å². The Labute approximate surface area is 175 Å². The number of aryl methyl sites for hydroxylation is 1. The van der Waals surface area contributed by atoms with Gasteiger partial charge in [0.05, 0.1) is 17.2 Å². The van der Waals surface area contributed by atoms with Crippen molar-refractivity contribution in [1.82, 2.24) is 10.2 Å². The van der Waals surface area contributed by atoms with Gasteiger partial charge < -0.3 is 15.0 Å². The van der Waals surface area contributed by atoms with E-state index in [2.05, 4.69) is 10.2 Å². The van der Waals surface area contributed by atoms with Gasteiger partial charge in [0.2, 0.25) is 0 Å². The summed E-state index contributed by atoms with van der Waals surface area (Å²) in [6.45, 7) is 3.06. The van der Waals surface area contributed by atoms with Crippen molar-refractivity contribution in [3.63, 3.8) is 0 Å². The molecule has 0 aromatic heterocycles. The number of carbonyl (C=O) groups excluding carboxylic acids is 1. The topological polar surface area (TPSA) is 41.6 Å². The van der Waals surface area contributed by atoms with Gasteiger partial charge in [-0.1, -0.05) is 37.3 Å². The van der Waals surface area contributed by atoms with Crippen LogP contribution < -0.4 is 5.32 Å². The van der Waals surface area contributed by atoms with Gasteiger partial charge in [0.15, 0.2) is 0 Å². The number of hydrogen-bond acceptors (Lipinski definition) is 3. The number of alkyl halides is 3. The van der Waals surface area contributed by atoms with E-state index in [9.17, 15) is 18.0 Å². The van der Waals surface area contributed by atoms with E-state index in [-0.39, 0.29) is 17.6 Å². The molecule has 30 heavy (non-hydrogen) atoms. The summed E-state index contributed by atoms with van der Waals surface area (Å²) in [6, 6.07) is 13.0. The first-order chi connectivity index (χ1) is 14.2. The number of likely N-dealkylation sites (N-methyl/N-ethyl adjacent to an activating group) is 1. The molecule has 0 aliphatic carbocycles. The SMILES string of the molecule is CCc1cc(C(F)(F)F)ccc1C(=O)N[C@@]1(c2ccccc2)C[C@@H](OC)CN(C)C1. The second-order valence-corrected chi connectivity index (χ2v) is 7.88. The van der Waals surface area contributed by atoms with Gasteiger partial charge >= 0.3 is 6.18 Å². The molecule has 7 heteroatoms. The first-order valence-corrected chi connectivity index (χ1v) is 9.98. The van der Waals surface area contributed by atoms with Crippen LogP contribution in [0, 0.1) is 0 Å². The largest absolute Gasteiger partial charge is 0.416 e. The molecule has 0 radical (unpaired) electrons. The monoisotopic (exact) mass is 420 g/mol. The van der Waals surface area contributed by atoms with Crippen molar-refractivity contribution >= 4 is 5.91 Å². The van der Waals surface area contributed by atoms with Gasteiger partial charge in [-0.15, -0.1) is 0 Å². The van der Waals surface area contributed by atoms with E-state index >= 15 is 0 Å². The summed E-state index contributed by atoms with van der Waals surface area (Å²) in [5, 5.41) is 3.15. The summed E-state index contributed by atoms with van der Waals surface area (Å²) in [7, 11) is 3.61. The first kappa shape index (κ1) is 22.3. The number of methoxy groups -OCH3 is 1. The molecule has 2 aromatic rings. The normalized spacial score (nSPS) is 22.7. The molecule has 4 nitrogen and oxygen atoms in total. The maximum absolute atomic E-state index is 13.3. The zero-order valence-electron chi connectivity index (χ0n) is 17.4. The Hall–Kier alpha value is -2.38. The maximum atomic E-state index is 13.3. The molecule has 3 rings (SSSR count). The fraction of sp³-hybridized carbons (Fsp3) is 0.435. The Morgan fingerprint density at radius 3 is 2.53 bits per heavy atom. The lowest BCUT2D eigenvalue weighted by Gasteiger charge is -2.45. The van der Waals surface area contributed by atoms with Gasteiger partial charge in [0.1, 0.15) is 0 Å². The van der Waals surface area contributed by atoms with Gasteiger partial charge in [0.25, 0.3) is 5.91 Å². The van der Waals surface area contributed by atoms with E-state index < -0.39 is 17.3 Å². The zero-order chi connectivity index (χ0) is 21.9. The number of piperidine rings is 1. The Morgan fingerprint density at radius 2 is 1.93 bits per heavy atom. The predicted molar refractivity (Wildman–Crippen MR) is 109 cm³/mol. The number of nitrogens with one attached hydrogen (secondary N) is 1. The van der Waals surface area contributed by atoms with E-state index in [1.165, 1.54) is 6.07 Å². The molecule has 162 valence electrons. The number of carbonyl (C=O) groups is 1. The third-order valence-corrected chi connectivity index (χ3v) is 5.70. The quantitative estimate of drug-likeness (QED) is 0.787. The van der Waals surface area contributed by atoms with Gasteiger partial charge in [-0.2, -0.15) is 13.2 Å². The summed E-state index contributed by atoms with van der Waals surface area (Å²) in [5.74, 6) is -0.380. The van der Waals surface area contributed by atoms with Crippen molar-refractivity contribution in [1.29, 1.82) is 0 Å². The van der Waals surface area contributed by atoms with Gasteiger partial charge in [-0.05, 0) is 42.8 Å². The minimum Gasteiger partial charge on any atom is -0.380 e. The number of nitrogens with zero attached hydrogens (tertiary/aromatic N) is 1. The van der Waals surface area contributed by atoms with Crippen LogP contribution in [-0.4, -0.2) is 44.2 Å². The Balaban J connectivity index is 1.98. The third-order valence-electron chi connectivity index (χ3n) is 5.70. The summed E-state index contributed by atoms with van der Waals surface area (Å²) in [6.07, 6.45) is -3.62. The number of amides is 1. The highest BCUT2D eigenvalue weighted by atomic mass is 19.4. The average Bonchev–Trinajstić information content (AvgIpc) is 2.72. The summed E-state index contributed by atoms with van der Waals surface area (Å²) < 4.78 is 44.9. The highest BCUT2D eigenvalue weighted by Gasteiger charge is 2.42. The van der Waals surface area contributed by atoms with Crippen LogP contribution in [-0.2, 0) is 22.9 Å². The second-order valence-electron chi connectivity index (χ2n) is 7.88. The number of likely N-dealkylation sites (tertiary alicyclic amines) is 1. The molecule has 2 aromatic carbocycles. The highest BCUT2D eigenvalue weighted by molar-refractivity contribution is 5.96. The van der Waals surface area contributed by atoms with E-state index in [0.29, 0.717) is 24.9 Å². The van der Waals surface area contributed by atoms with Crippen LogP contribution >= 0.6 is 0 Å². The Morgan fingerprint density at radius 1 is 1.23 bits per heavy atom. The summed E-state index contributed by atoms with van der Waals surface area (Å²) >= 11 is 0. The highest BCUT2D eigenvalue weighted by Crippen LogP contribution is 2.34. The molecular weight excluding hydrogens is 393 g/mol. The average molecular weight is 420 g/mol. The molecule has 1 saturated heterocycles. The molecule has 0 saturated carbocycles. The molecular formula is C23H27F3N2O2. The van der Waals surface area contributed by atoms with E-state index in [1.54, 1.807) is 14.0 Å². The molecule has 2 atom stereocenters. The first-order valence-electron chi connectivity index (χ1n) is 9.98. The maximum Gasteiger partial charge on any atom is 0.416 e. The molecule has 1 aliphatic heterocycles. The zero-order valence-corrected chi connectivity index (χ0v) is 17.4. The third kappa shape index (κ3) is 4.68. The fourth-order valence-electron chi connectivity index (χ4n) is 4.25. The molecule has 0 spiro atoms. The summed E-state index contributed by atoms with van der Waals surface area (Å²) in [4.78, 5) is 15.4. The summed E-state index contributed by atoms with van der Waals surface area (Å²) in [5.41, 5.74) is 0.128. The Bertz CT molecular complexity index is 886. The predicted octanol–water partition coefficient (Wildman–Crippen LogP) is 4.24. The molecule has 1 N–H and O–H groups in total. The van der Waals surface area contributed by atoms with E-state index in [0.717, 1.165) is 24.2 Å². The van der Waals surface area contributed by atoms with Crippen LogP contribution in [0.3, 0.4) is 0 Å². The van der Waals surface area contributed by atoms with E-state index in [1.807, 2.05) is 37.4 Å². The lowest BCUT2D eigenvalue weighted by atomic mass is 9.80. The number of ether oxygens (including phenoxy) is 1. The lowest BCUT2D eigenvalue weighted by Crippen LogP contribution is -2.59. The van der Waals surface area contributed by atoms with Crippen molar-refractivity contribution in [3.05, 3.63) is 70.8 Å². The van der Waals surface area contributed by atoms with Crippen LogP contribution in [0.4, 0.5) is 13.2 Å². The number of benzene rings is 2. The standard InChI is InChI=1S/C23H27F3N2O2/c1-4-16-12-18(23(24,25)26)10-11-20(16)21(29)27-22(17-8-6-5-7-9-17)13-19(30-3)14-28(2)15-22/h5-12,19H,4,13-15H2,1-3H3,(H,27,29)/t19-,22+/m1/s1. The van der Waals surface area contributed by atoms with Crippen LogP contribution in [0.25, 0.3) is 0 Å². The number of rotatable bonds is 5. The van der Waals surface area contributed by atoms with Gasteiger partial charge in [-0.3, -0.25) is 4.79 Å². The van der Waals surface area contributed by atoms with Crippen molar-refractivity contribution < 1.29 is 22.7 Å². The van der Waals surface area contributed by atoms with Crippen LogP contribution in [0.1, 0.15) is 40.4 Å². The van der Waals surface area contributed by atoms with Gasteiger partial charge in [-0.25, -0.2) is 0 Å². The number of hydrogen-bond donors (Lipinski definition) is 1. The minimum atomic E-state index is -4.44. The second kappa shape index (κ2) is 8.78. The Kier molecular flexibility index (Phi) is 6.53. The minimum absolute atomic E-state index is 0.0810. The lowest BCUT2D eigenvalue weighted by molar-refractivity contribution is -0.137. The number of halogens is 3. The van der Waals surface area contributed by atoms with Gasteiger partial charge in [0, 0.05) is 32.2 Å². The van der Waals surface area contributed by atoms with Crippen LogP contribution in [0.2, 0.25) is 0 Å². The molecule has 1 aliphatic rings. The van der Waals surface area contributed by atoms with Crippen molar-refractivity contribution in [2.24, 2.45) is 0 Å². The molecule has 0 unspecified atom stereocenters. The van der Waals surface area contributed by atoms with E-state index in [4.69, 9.17) is 4.74 Å². The molecule has 1 heterocycles. The fourth-order valence-corrected chi connectivity index (χ4v) is 4.25. The van der Waals surface area contributed by atoms with Crippen molar-refractivity contribution in [2.45, 2.75) is 37.6 Å². The van der Waals surface area contributed by atoms with Crippen LogP contribution in [0.15, 0.2) is 48.5 Å². The smallest absolute Gasteiger partial charge is 0.380 e. The molecule has 0 bridgehead atoms. The van der Waals surface area contributed by atoms with Crippen molar-refractivity contribution in [2.75, 3.05) is 27.2 Å². The molecule has 1 amide bonds.